The third-order valence-electron chi connectivity index (χ3n) is 7.30. The average molecular weight is 554 g/mol. The van der Waals surface area contributed by atoms with Crippen LogP contribution in [0.3, 0.4) is 0 Å². The molecule has 0 radical (unpaired) electrons. The van der Waals surface area contributed by atoms with Gasteiger partial charge in [0.1, 0.15) is 0 Å². The van der Waals surface area contributed by atoms with E-state index in [9.17, 15) is 0 Å². The van der Waals surface area contributed by atoms with Crippen LogP contribution in [0.1, 0.15) is 89.8 Å². The van der Waals surface area contributed by atoms with Crippen LogP contribution in [-0.2, 0) is 6.54 Å². The standard InChI is InChI=1S/C19H22N.3C4H9.Sn/c1-3-20(4-2)16-19-13-9-8-12-18(19)15-14-17-10-6-5-7-11-17;3*1-3-4-2;/h5-14H,3-4,16H2,1-2H3;3*1,3-4H2,2H3;. The molecule has 0 heterocycles. The summed E-state index contributed by atoms with van der Waals surface area (Å²) < 4.78 is 6.31. The minimum absolute atomic E-state index is 1.06. The molecular formula is C31H49NSn. The molecule has 0 aliphatic carbocycles. The molecule has 0 bridgehead atoms. The Hall–Kier alpha value is -1.06. The molecule has 2 rings (SSSR count). The van der Waals surface area contributed by atoms with Gasteiger partial charge in [-0.2, -0.15) is 0 Å². The van der Waals surface area contributed by atoms with Crippen LogP contribution in [0.25, 0.3) is 9.67 Å². The van der Waals surface area contributed by atoms with Gasteiger partial charge < -0.3 is 0 Å². The van der Waals surface area contributed by atoms with Crippen molar-refractivity contribution in [2.75, 3.05) is 13.1 Å². The zero-order chi connectivity index (χ0) is 23.9. The first-order valence-electron chi connectivity index (χ1n) is 13.7. The fourth-order valence-corrected chi connectivity index (χ4v) is 22.1. The summed E-state index contributed by atoms with van der Waals surface area (Å²) in [7, 11) is 0. The van der Waals surface area contributed by atoms with E-state index in [2.05, 4.69) is 100 Å². The molecule has 33 heavy (non-hydrogen) atoms. The van der Waals surface area contributed by atoms with Gasteiger partial charge in [0, 0.05) is 0 Å². The van der Waals surface area contributed by atoms with Crippen molar-refractivity contribution in [3.8, 4) is 0 Å². The number of benzene rings is 2. The molecule has 0 saturated carbocycles. The fraction of sp³-hybridized carbons (Fsp3) is 0.548. The summed E-state index contributed by atoms with van der Waals surface area (Å²) in [4.78, 5) is 2.57. The van der Waals surface area contributed by atoms with Crippen molar-refractivity contribution in [1.29, 1.82) is 0 Å². The van der Waals surface area contributed by atoms with E-state index in [0.29, 0.717) is 0 Å². The molecular weight excluding hydrogens is 505 g/mol. The third kappa shape index (κ3) is 8.58. The summed E-state index contributed by atoms with van der Waals surface area (Å²) in [6.07, 6.45) is 10.8. The first-order chi connectivity index (χ1) is 16.1. The maximum absolute atomic E-state index is 2.65. The van der Waals surface area contributed by atoms with Crippen LogP contribution in [0.15, 0.2) is 54.6 Å². The van der Waals surface area contributed by atoms with Crippen LogP contribution in [0.2, 0.25) is 13.3 Å². The van der Waals surface area contributed by atoms with Crippen LogP contribution in [0, 0.1) is 0 Å². The molecule has 0 unspecified atom stereocenters. The van der Waals surface area contributed by atoms with Gasteiger partial charge in [-0.05, 0) is 0 Å². The van der Waals surface area contributed by atoms with Crippen molar-refractivity contribution in [2.24, 2.45) is 0 Å². The van der Waals surface area contributed by atoms with Gasteiger partial charge >= 0.3 is 210 Å². The van der Waals surface area contributed by atoms with E-state index in [-0.39, 0.29) is 0 Å². The first-order valence-corrected chi connectivity index (χ1v) is 21.2. The predicted octanol–water partition coefficient (Wildman–Crippen LogP) is 9.46. The van der Waals surface area contributed by atoms with Crippen LogP contribution >= 0.6 is 0 Å². The van der Waals surface area contributed by atoms with Gasteiger partial charge in [-0.15, -0.1) is 0 Å². The molecule has 2 aromatic rings. The Morgan fingerprint density at radius 2 is 1.21 bits per heavy atom. The van der Waals surface area contributed by atoms with Crippen molar-refractivity contribution in [2.45, 2.75) is 93.0 Å². The van der Waals surface area contributed by atoms with Crippen LogP contribution in [0.5, 0.6) is 0 Å². The topological polar surface area (TPSA) is 3.24 Å². The first kappa shape index (κ1) is 28.2. The Morgan fingerprint density at radius 3 is 1.73 bits per heavy atom. The van der Waals surface area contributed by atoms with E-state index in [1.807, 2.05) is 0 Å². The van der Waals surface area contributed by atoms with E-state index < -0.39 is 18.4 Å². The summed E-state index contributed by atoms with van der Waals surface area (Å²) in [6, 6.07) is 20.6. The van der Waals surface area contributed by atoms with E-state index >= 15 is 0 Å². The number of nitrogens with zero attached hydrogens (tertiary/aromatic N) is 1. The van der Waals surface area contributed by atoms with Gasteiger partial charge in [0.2, 0.25) is 0 Å². The molecule has 0 aliphatic rings. The van der Waals surface area contributed by atoms with E-state index in [0.717, 1.165) is 19.6 Å². The van der Waals surface area contributed by atoms with Gasteiger partial charge in [0.25, 0.3) is 0 Å². The Balaban J connectivity index is 2.71. The summed E-state index contributed by atoms with van der Waals surface area (Å²) in [6.45, 7) is 15.0. The second-order valence-electron chi connectivity index (χ2n) is 9.68. The summed E-state index contributed by atoms with van der Waals surface area (Å²) in [5.41, 5.74) is 4.50. The summed E-state index contributed by atoms with van der Waals surface area (Å²) in [5, 5.41) is 0. The third-order valence-corrected chi connectivity index (χ3v) is 23.0. The van der Waals surface area contributed by atoms with Crippen molar-refractivity contribution >= 4 is 28.0 Å². The van der Waals surface area contributed by atoms with Crippen LogP contribution < -0.4 is 0 Å². The second kappa shape index (κ2) is 15.8. The number of hydrogen-bond donors (Lipinski definition) is 0. The predicted molar refractivity (Wildman–Crippen MR) is 152 cm³/mol. The number of unbranched alkanes of at least 4 members (excludes halogenated alkanes) is 3. The van der Waals surface area contributed by atoms with Gasteiger partial charge in [-0.3, -0.25) is 0 Å². The van der Waals surface area contributed by atoms with Gasteiger partial charge in [0.15, 0.2) is 0 Å². The van der Waals surface area contributed by atoms with E-state index in [1.54, 1.807) is 9.15 Å². The van der Waals surface area contributed by atoms with Gasteiger partial charge in [0.05, 0.1) is 0 Å². The molecule has 182 valence electrons. The monoisotopic (exact) mass is 555 g/mol. The summed E-state index contributed by atoms with van der Waals surface area (Å²) in [5.74, 6) is 0. The van der Waals surface area contributed by atoms with Crippen molar-refractivity contribution in [3.63, 3.8) is 0 Å². The van der Waals surface area contributed by atoms with Crippen LogP contribution in [0.4, 0.5) is 0 Å². The summed E-state index contributed by atoms with van der Waals surface area (Å²) >= 11 is -2.65. The SMILES string of the molecule is CCC[CH2][Sn]([CH2]CCC)([CH2]CCC)/[C](=C/c1ccccc1)c1ccccc1CN(CC)CC. The Kier molecular flexibility index (Phi) is 13.5. The molecule has 0 atom stereocenters. The molecule has 0 fully saturated rings. The van der Waals surface area contributed by atoms with Gasteiger partial charge in [-0.25, -0.2) is 0 Å². The molecule has 0 aromatic heterocycles. The number of rotatable bonds is 16. The number of hydrogen-bond acceptors (Lipinski definition) is 1. The quantitative estimate of drug-likeness (QED) is 0.148. The zero-order valence-electron chi connectivity index (χ0n) is 22.2. The van der Waals surface area contributed by atoms with E-state index in [1.165, 1.54) is 63.0 Å². The molecule has 2 aromatic carbocycles. The Labute approximate surface area is 209 Å². The second-order valence-corrected chi connectivity index (χ2v) is 22.8. The maximum atomic E-state index is 2.64. The van der Waals surface area contributed by atoms with Crippen molar-refractivity contribution in [1.82, 2.24) is 4.90 Å². The fourth-order valence-electron chi connectivity index (χ4n) is 5.17. The van der Waals surface area contributed by atoms with Crippen LogP contribution in [-0.4, -0.2) is 36.4 Å². The molecule has 0 aliphatic heterocycles. The molecule has 0 amide bonds. The molecule has 2 heteroatoms. The van der Waals surface area contributed by atoms with Crippen molar-refractivity contribution in [3.05, 3.63) is 71.3 Å². The normalized spacial score (nSPS) is 12.5. The average Bonchev–Trinajstić information content (AvgIpc) is 2.87. The minimum atomic E-state index is -2.65. The molecule has 0 N–H and O–H groups in total. The zero-order valence-corrected chi connectivity index (χ0v) is 25.1. The molecule has 1 nitrogen and oxygen atoms in total. The van der Waals surface area contributed by atoms with Crippen molar-refractivity contribution < 1.29 is 0 Å². The Bertz CT molecular complexity index is 785. The molecule has 0 spiro atoms. The van der Waals surface area contributed by atoms with Gasteiger partial charge in [-0.1, -0.05) is 0 Å². The Morgan fingerprint density at radius 1 is 0.697 bits per heavy atom. The van der Waals surface area contributed by atoms with E-state index in [4.69, 9.17) is 0 Å². The molecule has 0 saturated heterocycles.